The topological polar surface area (TPSA) is 111 Å². The summed E-state index contributed by atoms with van der Waals surface area (Å²) in [5.74, 6) is 0. The normalized spacial score (nSPS) is 16.6. The standard InChI is InChI=1S/C6H3Br2N2.C6H4NO4S2/c7-4-2-1-3-5(8)6(4)10-9;8-12(9)5-3-1-2-4-6(5)13(10,11)7-12/h1-3H;1-4H/q+1;-1. The van der Waals surface area contributed by atoms with Gasteiger partial charge in [-0.05, 0) is 56.1 Å². The van der Waals surface area contributed by atoms with Crippen LogP contribution >= 0.6 is 31.9 Å². The number of sulfonamides is 2. The summed E-state index contributed by atoms with van der Waals surface area (Å²) in [6.07, 6.45) is 0. The van der Waals surface area contributed by atoms with Crippen molar-refractivity contribution < 1.29 is 16.8 Å². The zero-order valence-electron chi connectivity index (χ0n) is 11.1. The van der Waals surface area contributed by atoms with Crippen LogP contribution in [0.1, 0.15) is 0 Å². The molecule has 0 saturated carbocycles. The minimum atomic E-state index is -3.98. The van der Waals surface area contributed by atoms with Gasteiger partial charge in [-0.3, -0.25) is 0 Å². The van der Waals surface area contributed by atoms with Crippen LogP contribution < -0.4 is 0 Å². The van der Waals surface area contributed by atoms with Crippen LogP contribution in [0, 0.1) is 5.39 Å². The summed E-state index contributed by atoms with van der Waals surface area (Å²) in [5, 5.41) is 8.46. The van der Waals surface area contributed by atoms with Gasteiger partial charge in [0.1, 0.15) is 29.0 Å². The Bertz CT molecular complexity index is 944. The molecule has 0 unspecified atom stereocenters. The van der Waals surface area contributed by atoms with Gasteiger partial charge in [-0.2, -0.15) is 0 Å². The molecule has 2 aromatic rings. The van der Waals surface area contributed by atoms with E-state index in [4.69, 9.17) is 5.39 Å². The fourth-order valence-corrected chi connectivity index (χ4v) is 6.28. The molecular formula is C12H7Br2N3O4S2. The highest BCUT2D eigenvalue weighted by atomic mass is 79.9. The van der Waals surface area contributed by atoms with E-state index in [1.807, 2.05) is 6.07 Å². The summed E-state index contributed by atoms with van der Waals surface area (Å²) in [4.78, 5) is 2.59. The molecule has 0 aliphatic carbocycles. The van der Waals surface area contributed by atoms with Crippen molar-refractivity contribution in [1.82, 2.24) is 0 Å². The van der Waals surface area contributed by atoms with Crippen molar-refractivity contribution in [2.24, 2.45) is 0 Å². The molecule has 0 saturated heterocycles. The van der Waals surface area contributed by atoms with Gasteiger partial charge in [0.15, 0.2) is 4.98 Å². The summed E-state index contributed by atoms with van der Waals surface area (Å²) in [7, 11) is -7.95. The zero-order valence-corrected chi connectivity index (χ0v) is 15.9. The van der Waals surface area contributed by atoms with E-state index in [1.54, 1.807) is 12.1 Å². The van der Waals surface area contributed by atoms with Crippen molar-refractivity contribution in [3.05, 3.63) is 60.5 Å². The molecular weight excluding hydrogens is 474 g/mol. The van der Waals surface area contributed by atoms with Crippen LogP contribution in [0.15, 0.2) is 61.2 Å². The second-order valence-electron chi connectivity index (χ2n) is 4.14. The molecule has 120 valence electrons. The summed E-state index contributed by atoms with van der Waals surface area (Å²) in [5.41, 5.74) is 0.516. The van der Waals surface area contributed by atoms with Crippen molar-refractivity contribution in [3.63, 3.8) is 0 Å². The van der Waals surface area contributed by atoms with Crippen LogP contribution in [0.2, 0.25) is 0 Å². The second-order valence-corrected chi connectivity index (χ2v) is 9.23. The van der Waals surface area contributed by atoms with Crippen LogP contribution in [0.25, 0.3) is 9.10 Å². The molecule has 0 bridgehead atoms. The third-order valence-electron chi connectivity index (χ3n) is 2.64. The van der Waals surface area contributed by atoms with E-state index < -0.39 is 20.0 Å². The maximum atomic E-state index is 11.1. The number of hydrogen-bond acceptors (Lipinski definition) is 5. The Morgan fingerprint density at radius 2 is 1.26 bits per heavy atom. The first-order valence-corrected chi connectivity index (χ1v) is 10.3. The molecule has 23 heavy (non-hydrogen) atoms. The Kier molecular flexibility index (Phi) is 5.22. The van der Waals surface area contributed by atoms with Crippen LogP contribution in [-0.4, -0.2) is 16.8 Å². The molecule has 1 heterocycles. The molecule has 0 N–H and O–H groups in total. The van der Waals surface area contributed by atoms with E-state index >= 15 is 0 Å². The molecule has 0 aromatic heterocycles. The average Bonchev–Trinajstić information content (AvgIpc) is 2.66. The van der Waals surface area contributed by atoms with Gasteiger partial charge < -0.3 is 4.13 Å². The average molecular weight is 481 g/mol. The number of hydrogen-bond donors (Lipinski definition) is 0. The van der Waals surface area contributed by atoms with E-state index in [1.165, 1.54) is 24.3 Å². The number of benzene rings is 2. The van der Waals surface area contributed by atoms with Crippen LogP contribution in [0.3, 0.4) is 0 Å². The first-order valence-electron chi connectivity index (χ1n) is 5.81. The molecule has 11 heteroatoms. The van der Waals surface area contributed by atoms with Gasteiger partial charge in [0.05, 0.1) is 9.79 Å². The van der Waals surface area contributed by atoms with Gasteiger partial charge in [-0.25, -0.2) is 16.8 Å². The Hall–Kier alpha value is -1.32. The predicted octanol–water partition coefficient (Wildman–Crippen LogP) is 4.15. The predicted molar refractivity (Wildman–Crippen MR) is 90.8 cm³/mol. The number of diazo groups is 1. The fraction of sp³-hybridized carbons (Fsp3) is 0. The summed E-state index contributed by atoms with van der Waals surface area (Å²) in [6.45, 7) is 0. The molecule has 1 aliphatic rings. The summed E-state index contributed by atoms with van der Waals surface area (Å²) in [6, 6.07) is 10.8. The maximum Gasteiger partial charge on any atom is 0.413 e. The molecule has 1 aliphatic heterocycles. The van der Waals surface area contributed by atoms with Crippen LogP contribution in [-0.2, 0) is 20.0 Å². The Morgan fingerprint density at radius 3 is 1.61 bits per heavy atom. The van der Waals surface area contributed by atoms with Crippen molar-refractivity contribution in [1.29, 1.82) is 5.39 Å². The monoisotopic (exact) mass is 479 g/mol. The quantitative estimate of drug-likeness (QED) is 0.526. The van der Waals surface area contributed by atoms with Crippen LogP contribution in [0.4, 0.5) is 5.69 Å². The SMILES string of the molecule is N#[N+]c1c(Br)cccc1Br.O=S1(=O)[N-]S(=O)(=O)c2ccccc21. The lowest BCUT2D eigenvalue weighted by Crippen LogP contribution is -1.92. The minimum absolute atomic E-state index is 0.241. The van der Waals surface area contributed by atoms with Crippen LogP contribution in [0.5, 0.6) is 0 Å². The molecule has 0 amide bonds. The Labute approximate surface area is 149 Å². The molecule has 7 nitrogen and oxygen atoms in total. The third-order valence-corrected chi connectivity index (χ3v) is 7.44. The molecule has 2 aromatic carbocycles. The second kappa shape index (κ2) is 6.66. The minimum Gasteiger partial charge on any atom is -0.428 e. The van der Waals surface area contributed by atoms with E-state index in [0.29, 0.717) is 5.69 Å². The number of halogens is 2. The number of nitrogens with zero attached hydrogens (tertiary/aromatic N) is 3. The van der Waals surface area contributed by atoms with E-state index in [9.17, 15) is 16.8 Å². The molecule has 0 atom stereocenters. The van der Waals surface area contributed by atoms with Crippen molar-refractivity contribution in [2.75, 3.05) is 0 Å². The number of fused-ring (bicyclic) bond motifs is 1. The van der Waals surface area contributed by atoms with Gasteiger partial charge in [-0.1, -0.05) is 18.2 Å². The van der Waals surface area contributed by atoms with Gasteiger partial charge in [0.2, 0.25) is 5.39 Å². The summed E-state index contributed by atoms with van der Waals surface area (Å²) < 4.78 is 48.8. The first-order chi connectivity index (χ1) is 10.7. The number of rotatable bonds is 0. The Morgan fingerprint density at radius 1 is 0.826 bits per heavy atom. The van der Waals surface area contributed by atoms with Gasteiger partial charge >= 0.3 is 5.69 Å². The lowest BCUT2D eigenvalue weighted by Gasteiger charge is -2.05. The fourth-order valence-electron chi connectivity index (χ4n) is 1.67. The molecule has 0 radical (unpaired) electrons. The van der Waals surface area contributed by atoms with Gasteiger partial charge in [0.25, 0.3) is 0 Å². The van der Waals surface area contributed by atoms with Crippen molar-refractivity contribution in [2.45, 2.75) is 9.79 Å². The third kappa shape index (κ3) is 3.78. The highest BCUT2D eigenvalue weighted by molar-refractivity contribution is 9.11. The Balaban J connectivity index is 0.000000174. The largest absolute Gasteiger partial charge is 0.428 e. The smallest absolute Gasteiger partial charge is 0.413 e. The molecule has 0 fully saturated rings. The van der Waals surface area contributed by atoms with E-state index in [-0.39, 0.29) is 9.79 Å². The van der Waals surface area contributed by atoms with Gasteiger partial charge in [0, 0.05) is 0 Å². The van der Waals surface area contributed by atoms with E-state index in [2.05, 4.69) is 41.0 Å². The first kappa shape index (κ1) is 18.0. The molecule has 3 rings (SSSR count). The summed E-state index contributed by atoms with van der Waals surface area (Å²) >= 11 is 6.45. The highest BCUT2D eigenvalue weighted by Crippen LogP contribution is 2.37. The van der Waals surface area contributed by atoms with Crippen molar-refractivity contribution in [3.8, 4) is 0 Å². The van der Waals surface area contributed by atoms with Gasteiger partial charge in [-0.15, -0.1) is 0 Å². The zero-order chi connectivity index (χ0) is 17.3. The highest BCUT2D eigenvalue weighted by Gasteiger charge is 2.26. The van der Waals surface area contributed by atoms with Crippen molar-refractivity contribution >= 4 is 57.6 Å². The molecule has 0 spiro atoms. The maximum absolute atomic E-state index is 11.1. The lowest BCUT2D eigenvalue weighted by molar-refractivity contribution is 0.603. The van der Waals surface area contributed by atoms with E-state index in [0.717, 1.165) is 8.95 Å². The lowest BCUT2D eigenvalue weighted by atomic mass is 10.3.